The number of aliphatic imine (C=N–C) groups is 1. The average molecular weight is 349 g/mol. The minimum Gasteiger partial charge on any atom is -0.357 e. The van der Waals surface area contributed by atoms with Crippen LogP contribution in [0.4, 0.5) is 0 Å². The highest BCUT2D eigenvalue weighted by atomic mass is 16.2. The number of amides is 1. The number of nitrogens with zero attached hydrogens (tertiary/aromatic N) is 2. The Morgan fingerprint density at radius 1 is 1.04 bits per heavy atom. The van der Waals surface area contributed by atoms with Gasteiger partial charge in [0.2, 0.25) is 5.91 Å². The summed E-state index contributed by atoms with van der Waals surface area (Å²) in [7, 11) is 0. The van der Waals surface area contributed by atoms with Crippen molar-refractivity contribution in [2.45, 2.75) is 77.2 Å². The molecule has 0 aromatic carbocycles. The topological polar surface area (TPSA) is 56.7 Å². The molecule has 142 valence electrons. The lowest BCUT2D eigenvalue weighted by molar-refractivity contribution is -0.135. The van der Waals surface area contributed by atoms with E-state index in [1.165, 1.54) is 44.9 Å². The fraction of sp³-hybridized carbons (Fsp3) is 0.900. The molecule has 3 fully saturated rings. The molecule has 2 aliphatic carbocycles. The molecule has 1 unspecified atom stereocenters. The van der Waals surface area contributed by atoms with Crippen LogP contribution in [0.25, 0.3) is 0 Å². The van der Waals surface area contributed by atoms with Gasteiger partial charge in [0.15, 0.2) is 5.96 Å². The van der Waals surface area contributed by atoms with Gasteiger partial charge in [0.05, 0.1) is 0 Å². The first-order valence-electron chi connectivity index (χ1n) is 10.6. The van der Waals surface area contributed by atoms with Gasteiger partial charge in [0.25, 0.3) is 0 Å². The molecule has 2 saturated carbocycles. The minimum absolute atomic E-state index is 0.289. The third-order valence-electron chi connectivity index (χ3n) is 6.12. The highest BCUT2D eigenvalue weighted by Gasteiger charge is 2.31. The van der Waals surface area contributed by atoms with Gasteiger partial charge in [-0.25, -0.2) is 0 Å². The van der Waals surface area contributed by atoms with Gasteiger partial charge >= 0.3 is 0 Å². The summed E-state index contributed by atoms with van der Waals surface area (Å²) in [4.78, 5) is 19.6. The Balaban J connectivity index is 1.47. The molecule has 1 saturated heterocycles. The Hall–Kier alpha value is -1.26. The van der Waals surface area contributed by atoms with E-state index in [-0.39, 0.29) is 5.92 Å². The zero-order chi connectivity index (χ0) is 17.5. The summed E-state index contributed by atoms with van der Waals surface area (Å²) in [6.07, 6.45) is 12.4. The molecule has 25 heavy (non-hydrogen) atoms. The largest absolute Gasteiger partial charge is 0.357 e. The van der Waals surface area contributed by atoms with Crippen molar-refractivity contribution >= 4 is 11.9 Å². The second kappa shape index (κ2) is 9.44. The second-order valence-corrected chi connectivity index (χ2v) is 8.12. The van der Waals surface area contributed by atoms with Crippen molar-refractivity contribution in [2.24, 2.45) is 16.8 Å². The van der Waals surface area contributed by atoms with E-state index < -0.39 is 0 Å². The summed E-state index contributed by atoms with van der Waals surface area (Å²) in [6, 6.07) is 0.342. The number of guanidine groups is 1. The normalized spacial score (nSPS) is 26.2. The Morgan fingerprint density at radius 3 is 2.48 bits per heavy atom. The lowest BCUT2D eigenvalue weighted by Gasteiger charge is -2.26. The molecule has 0 spiro atoms. The number of likely N-dealkylation sites (tertiary alicyclic amines) is 1. The summed E-state index contributed by atoms with van der Waals surface area (Å²) in [5, 5.41) is 6.95. The summed E-state index contributed by atoms with van der Waals surface area (Å²) in [6.45, 7) is 5.67. The predicted molar refractivity (Wildman–Crippen MR) is 103 cm³/mol. The molecular weight excluding hydrogens is 312 g/mol. The van der Waals surface area contributed by atoms with Gasteiger partial charge < -0.3 is 15.5 Å². The van der Waals surface area contributed by atoms with Crippen molar-refractivity contribution in [3.05, 3.63) is 0 Å². The van der Waals surface area contributed by atoms with Crippen LogP contribution in [-0.4, -0.2) is 49.0 Å². The van der Waals surface area contributed by atoms with Crippen LogP contribution < -0.4 is 10.6 Å². The first-order valence-corrected chi connectivity index (χ1v) is 10.6. The third-order valence-corrected chi connectivity index (χ3v) is 6.12. The van der Waals surface area contributed by atoms with Crippen LogP contribution >= 0.6 is 0 Å². The first-order chi connectivity index (χ1) is 12.3. The molecule has 5 heteroatoms. The molecule has 0 bridgehead atoms. The molecule has 3 aliphatic rings. The smallest absolute Gasteiger partial charge is 0.225 e. The number of carbonyl (C=O) groups excluding carboxylic acids is 1. The van der Waals surface area contributed by atoms with E-state index in [1.807, 2.05) is 0 Å². The fourth-order valence-corrected chi connectivity index (χ4v) is 4.61. The molecule has 1 heterocycles. The van der Waals surface area contributed by atoms with Gasteiger partial charge in [-0.1, -0.05) is 32.1 Å². The van der Waals surface area contributed by atoms with Crippen LogP contribution in [0.2, 0.25) is 0 Å². The molecule has 5 nitrogen and oxygen atoms in total. The highest BCUT2D eigenvalue weighted by Crippen LogP contribution is 2.27. The van der Waals surface area contributed by atoms with Crippen molar-refractivity contribution in [1.82, 2.24) is 15.5 Å². The molecule has 0 radical (unpaired) electrons. The Bertz CT molecular complexity index is 453. The van der Waals surface area contributed by atoms with Crippen LogP contribution in [-0.2, 0) is 4.79 Å². The van der Waals surface area contributed by atoms with E-state index in [1.54, 1.807) is 0 Å². The molecule has 1 atom stereocenters. The lowest BCUT2D eigenvalue weighted by Crippen LogP contribution is -2.45. The first kappa shape index (κ1) is 18.5. The maximum Gasteiger partial charge on any atom is 0.225 e. The summed E-state index contributed by atoms with van der Waals surface area (Å²) >= 11 is 0. The zero-order valence-electron chi connectivity index (χ0n) is 15.9. The number of hydrogen-bond acceptors (Lipinski definition) is 2. The van der Waals surface area contributed by atoms with Gasteiger partial charge in [-0.05, 0) is 44.9 Å². The number of carbonyl (C=O) groups is 1. The molecule has 0 aromatic heterocycles. The van der Waals surface area contributed by atoms with Crippen molar-refractivity contribution in [3.8, 4) is 0 Å². The van der Waals surface area contributed by atoms with Gasteiger partial charge in [0, 0.05) is 38.1 Å². The van der Waals surface area contributed by atoms with Crippen LogP contribution in [0.15, 0.2) is 4.99 Å². The molecular formula is C20H36N4O. The SMILES string of the molecule is CCNC(=NCC1CCCC1)NC1CCN(C(=O)C2CCCCC2)C1. The summed E-state index contributed by atoms with van der Waals surface area (Å²) < 4.78 is 0. The lowest BCUT2D eigenvalue weighted by atomic mass is 9.88. The van der Waals surface area contributed by atoms with Crippen molar-refractivity contribution < 1.29 is 4.79 Å². The molecule has 1 aliphatic heterocycles. The van der Waals surface area contributed by atoms with Gasteiger partial charge in [-0.15, -0.1) is 0 Å². The van der Waals surface area contributed by atoms with Crippen LogP contribution in [0.5, 0.6) is 0 Å². The highest BCUT2D eigenvalue weighted by molar-refractivity contribution is 5.81. The van der Waals surface area contributed by atoms with Gasteiger partial charge in [-0.3, -0.25) is 9.79 Å². The van der Waals surface area contributed by atoms with E-state index >= 15 is 0 Å². The van der Waals surface area contributed by atoms with Crippen molar-refractivity contribution in [1.29, 1.82) is 0 Å². The second-order valence-electron chi connectivity index (χ2n) is 8.12. The molecule has 0 aromatic rings. The molecule has 2 N–H and O–H groups in total. The zero-order valence-corrected chi connectivity index (χ0v) is 15.9. The Morgan fingerprint density at radius 2 is 1.76 bits per heavy atom. The Labute approximate surface area is 153 Å². The third kappa shape index (κ3) is 5.35. The van der Waals surface area contributed by atoms with E-state index in [4.69, 9.17) is 4.99 Å². The fourth-order valence-electron chi connectivity index (χ4n) is 4.61. The standard InChI is InChI=1S/C20H36N4O/c1-2-21-20(22-14-16-8-6-7-9-16)23-18-12-13-24(15-18)19(25)17-10-4-3-5-11-17/h16-18H,2-15H2,1H3,(H2,21,22,23). The van der Waals surface area contributed by atoms with Gasteiger partial charge in [-0.2, -0.15) is 0 Å². The van der Waals surface area contributed by atoms with Gasteiger partial charge in [0.1, 0.15) is 0 Å². The van der Waals surface area contributed by atoms with Crippen LogP contribution in [0, 0.1) is 11.8 Å². The summed E-state index contributed by atoms with van der Waals surface area (Å²) in [5.41, 5.74) is 0. The number of nitrogens with one attached hydrogen (secondary N) is 2. The quantitative estimate of drug-likeness (QED) is 0.593. The predicted octanol–water partition coefficient (Wildman–Crippen LogP) is 2.91. The van der Waals surface area contributed by atoms with Crippen LogP contribution in [0.3, 0.4) is 0 Å². The van der Waals surface area contributed by atoms with E-state index in [0.29, 0.717) is 11.9 Å². The maximum absolute atomic E-state index is 12.7. The summed E-state index contributed by atoms with van der Waals surface area (Å²) in [5.74, 6) is 2.39. The number of hydrogen-bond donors (Lipinski definition) is 2. The minimum atomic E-state index is 0.289. The Kier molecular flexibility index (Phi) is 7.00. The monoisotopic (exact) mass is 348 g/mol. The number of rotatable bonds is 5. The van der Waals surface area contributed by atoms with E-state index in [9.17, 15) is 4.79 Å². The van der Waals surface area contributed by atoms with Crippen molar-refractivity contribution in [3.63, 3.8) is 0 Å². The van der Waals surface area contributed by atoms with E-state index in [2.05, 4.69) is 22.5 Å². The average Bonchev–Trinajstić information content (AvgIpc) is 3.32. The van der Waals surface area contributed by atoms with E-state index in [0.717, 1.165) is 57.3 Å². The van der Waals surface area contributed by atoms with Crippen molar-refractivity contribution in [2.75, 3.05) is 26.2 Å². The molecule has 1 amide bonds. The molecule has 3 rings (SSSR count). The maximum atomic E-state index is 12.7. The van der Waals surface area contributed by atoms with Crippen LogP contribution in [0.1, 0.15) is 71.1 Å².